The fourth-order valence-electron chi connectivity index (χ4n) is 2.04. The second kappa shape index (κ2) is 6.27. The number of Topliss-reactive ketones (excluding diaryl/α,β-unsaturated/α-hetero) is 1. The van der Waals surface area contributed by atoms with E-state index in [9.17, 15) is 13.6 Å². The van der Waals surface area contributed by atoms with Crippen LogP contribution in [0.1, 0.15) is 16.7 Å². The van der Waals surface area contributed by atoms with E-state index >= 15 is 0 Å². The Hall–Kier alpha value is -1.55. The van der Waals surface area contributed by atoms with Gasteiger partial charge < -0.3 is 0 Å². The maximum Gasteiger partial charge on any atom is 0.143 e. The van der Waals surface area contributed by atoms with Crippen LogP contribution in [0, 0.1) is 18.6 Å². The Bertz CT molecular complexity index is 653. The molecule has 0 atom stereocenters. The van der Waals surface area contributed by atoms with Gasteiger partial charge in [0.1, 0.15) is 17.4 Å². The van der Waals surface area contributed by atoms with Crippen LogP contribution in [-0.2, 0) is 17.6 Å². The third-order valence-corrected chi connectivity index (χ3v) is 3.61. The quantitative estimate of drug-likeness (QED) is 0.755. The number of hydrogen-bond acceptors (Lipinski definition) is 1. The van der Waals surface area contributed by atoms with Gasteiger partial charge in [0.2, 0.25) is 0 Å². The molecule has 2 aromatic rings. The minimum absolute atomic E-state index is 0.164. The van der Waals surface area contributed by atoms with Crippen molar-refractivity contribution in [2.45, 2.75) is 19.8 Å². The summed E-state index contributed by atoms with van der Waals surface area (Å²) in [5, 5.41) is 0. The Balaban J connectivity index is 2.15. The zero-order valence-electron chi connectivity index (χ0n) is 10.9. The average Bonchev–Trinajstić information content (AvgIpc) is 2.39. The van der Waals surface area contributed by atoms with Gasteiger partial charge in [-0.15, -0.1) is 0 Å². The van der Waals surface area contributed by atoms with Crippen molar-refractivity contribution in [2.24, 2.45) is 0 Å². The number of benzene rings is 2. The number of carbonyl (C=O) groups excluding carboxylic acids is 1. The Morgan fingerprint density at radius 3 is 2.60 bits per heavy atom. The Kier molecular flexibility index (Phi) is 4.65. The average molecular weight is 339 g/mol. The van der Waals surface area contributed by atoms with Gasteiger partial charge in [0.25, 0.3) is 0 Å². The van der Waals surface area contributed by atoms with E-state index in [0.29, 0.717) is 0 Å². The summed E-state index contributed by atoms with van der Waals surface area (Å²) in [5.74, 6) is -1.61. The van der Waals surface area contributed by atoms with Crippen LogP contribution in [0.15, 0.2) is 40.9 Å². The molecule has 0 aliphatic heterocycles. The molecule has 0 heterocycles. The fourth-order valence-corrected chi connectivity index (χ4v) is 2.41. The third kappa shape index (κ3) is 3.51. The van der Waals surface area contributed by atoms with Crippen LogP contribution in [0.2, 0.25) is 0 Å². The second-order valence-electron chi connectivity index (χ2n) is 4.70. The number of hydrogen-bond donors (Lipinski definition) is 0. The molecule has 4 heteroatoms. The van der Waals surface area contributed by atoms with Crippen LogP contribution in [0.25, 0.3) is 0 Å². The van der Waals surface area contributed by atoms with Crippen molar-refractivity contribution >= 4 is 21.7 Å². The van der Waals surface area contributed by atoms with Crippen LogP contribution in [-0.4, -0.2) is 5.78 Å². The minimum Gasteiger partial charge on any atom is -0.299 e. The lowest BCUT2D eigenvalue weighted by atomic mass is 10.0. The van der Waals surface area contributed by atoms with E-state index in [4.69, 9.17) is 0 Å². The summed E-state index contributed by atoms with van der Waals surface area (Å²) in [6.07, 6.45) is -0.0713. The second-order valence-corrected chi connectivity index (χ2v) is 5.56. The van der Waals surface area contributed by atoms with E-state index in [1.54, 1.807) is 0 Å². The highest BCUT2D eigenvalue weighted by atomic mass is 79.9. The first-order valence-corrected chi connectivity index (χ1v) is 6.96. The van der Waals surface area contributed by atoms with Gasteiger partial charge in [0.15, 0.2) is 0 Å². The highest BCUT2D eigenvalue weighted by molar-refractivity contribution is 9.10. The number of halogens is 3. The van der Waals surface area contributed by atoms with Crippen LogP contribution in [0.5, 0.6) is 0 Å². The fraction of sp³-hybridized carbons (Fsp3) is 0.188. The normalized spacial score (nSPS) is 10.6. The molecule has 0 aliphatic carbocycles. The van der Waals surface area contributed by atoms with E-state index in [1.165, 1.54) is 6.07 Å². The topological polar surface area (TPSA) is 17.1 Å². The summed E-state index contributed by atoms with van der Waals surface area (Å²) in [7, 11) is 0. The van der Waals surface area contributed by atoms with Crippen LogP contribution < -0.4 is 0 Å². The first-order valence-electron chi connectivity index (χ1n) is 6.17. The molecule has 0 radical (unpaired) electrons. The molecule has 0 bridgehead atoms. The molecule has 20 heavy (non-hydrogen) atoms. The van der Waals surface area contributed by atoms with Gasteiger partial charge in [0, 0.05) is 18.4 Å². The predicted molar refractivity (Wildman–Crippen MR) is 77.7 cm³/mol. The van der Waals surface area contributed by atoms with Crippen molar-refractivity contribution in [3.05, 3.63) is 69.2 Å². The molecule has 0 saturated carbocycles. The van der Waals surface area contributed by atoms with Gasteiger partial charge in [-0.25, -0.2) is 8.78 Å². The summed E-state index contributed by atoms with van der Waals surface area (Å²) in [4.78, 5) is 12.0. The van der Waals surface area contributed by atoms with E-state index in [-0.39, 0.29) is 28.7 Å². The van der Waals surface area contributed by atoms with Crippen molar-refractivity contribution in [1.82, 2.24) is 0 Å². The summed E-state index contributed by atoms with van der Waals surface area (Å²) in [6, 6.07) is 9.96. The maximum atomic E-state index is 13.8. The monoisotopic (exact) mass is 338 g/mol. The molecular formula is C16H13BrF2O. The number of rotatable bonds is 4. The number of carbonyl (C=O) groups is 1. The smallest absolute Gasteiger partial charge is 0.143 e. The molecule has 1 nitrogen and oxygen atoms in total. The zero-order chi connectivity index (χ0) is 14.7. The van der Waals surface area contributed by atoms with Crippen molar-refractivity contribution in [2.75, 3.05) is 0 Å². The first-order chi connectivity index (χ1) is 9.47. The molecule has 0 fully saturated rings. The first kappa shape index (κ1) is 14.9. The molecule has 0 unspecified atom stereocenters. The highest BCUT2D eigenvalue weighted by Gasteiger charge is 2.16. The van der Waals surface area contributed by atoms with Gasteiger partial charge in [0.05, 0.1) is 4.47 Å². The molecule has 0 N–H and O–H groups in total. The molecule has 2 rings (SSSR count). The molecular weight excluding hydrogens is 326 g/mol. The Morgan fingerprint density at radius 1 is 1.15 bits per heavy atom. The molecule has 2 aromatic carbocycles. The van der Waals surface area contributed by atoms with Gasteiger partial charge >= 0.3 is 0 Å². The lowest BCUT2D eigenvalue weighted by molar-refractivity contribution is -0.117. The van der Waals surface area contributed by atoms with E-state index in [0.717, 1.165) is 17.2 Å². The van der Waals surface area contributed by atoms with Crippen molar-refractivity contribution < 1.29 is 13.6 Å². The van der Waals surface area contributed by atoms with E-state index in [2.05, 4.69) is 15.9 Å². The van der Waals surface area contributed by atoms with Gasteiger partial charge in [-0.2, -0.15) is 0 Å². The van der Waals surface area contributed by atoms with Crippen LogP contribution in [0.3, 0.4) is 0 Å². The highest BCUT2D eigenvalue weighted by Crippen LogP contribution is 2.22. The largest absolute Gasteiger partial charge is 0.299 e. The van der Waals surface area contributed by atoms with Crippen molar-refractivity contribution in [1.29, 1.82) is 0 Å². The summed E-state index contributed by atoms with van der Waals surface area (Å²) >= 11 is 2.99. The van der Waals surface area contributed by atoms with Crippen molar-refractivity contribution in [3.8, 4) is 0 Å². The Labute approximate surface area is 124 Å². The molecule has 0 aliphatic rings. The van der Waals surface area contributed by atoms with Gasteiger partial charge in [-0.05, 0) is 40.5 Å². The Morgan fingerprint density at radius 2 is 1.90 bits per heavy atom. The zero-order valence-corrected chi connectivity index (χ0v) is 12.5. The molecule has 0 saturated heterocycles. The van der Waals surface area contributed by atoms with E-state index in [1.807, 2.05) is 31.2 Å². The van der Waals surface area contributed by atoms with E-state index < -0.39 is 11.6 Å². The lowest BCUT2D eigenvalue weighted by Crippen LogP contribution is -2.10. The summed E-state index contributed by atoms with van der Waals surface area (Å²) < 4.78 is 27.5. The maximum absolute atomic E-state index is 13.8. The molecule has 104 valence electrons. The minimum atomic E-state index is -0.706. The number of aryl methyl sites for hydroxylation is 1. The SMILES string of the molecule is Cc1cccc(CC(=O)Cc2c(F)ccc(Br)c2F)c1. The lowest BCUT2D eigenvalue weighted by Gasteiger charge is -2.06. The summed E-state index contributed by atoms with van der Waals surface area (Å²) in [5.41, 5.74) is 1.72. The number of ketones is 1. The summed E-state index contributed by atoms with van der Waals surface area (Å²) in [6.45, 7) is 1.93. The molecule has 0 amide bonds. The van der Waals surface area contributed by atoms with Crippen LogP contribution in [0.4, 0.5) is 8.78 Å². The standard InChI is InChI=1S/C16H13BrF2O/c1-10-3-2-4-11(7-10)8-12(20)9-13-15(18)6-5-14(17)16(13)19/h2-7H,8-9H2,1H3. The van der Waals surface area contributed by atoms with Gasteiger partial charge in [-0.3, -0.25) is 4.79 Å². The van der Waals surface area contributed by atoms with Crippen LogP contribution >= 0.6 is 15.9 Å². The van der Waals surface area contributed by atoms with Crippen molar-refractivity contribution in [3.63, 3.8) is 0 Å². The van der Waals surface area contributed by atoms with Gasteiger partial charge in [-0.1, -0.05) is 29.8 Å². The molecule has 0 spiro atoms. The molecule has 0 aromatic heterocycles. The predicted octanol–water partition coefficient (Wildman–Crippen LogP) is 4.39. The third-order valence-electron chi connectivity index (χ3n) is 3.00.